The van der Waals surface area contributed by atoms with Gasteiger partial charge in [-0.2, -0.15) is 0 Å². The summed E-state index contributed by atoms with van der Waals surface area (Å²) in [5.41, 5.74) is 9.22. The number of nitrogens with two attached hydrogens (primary N) is 1. The van der Waals surface area contributed by atoms with Gasteiger partial charge in [0.05, 0.1) is 17.0 Å². The minimum atomic E-state index is -0.0371. The summed E-state index contributed by atoms with van der Waals surface area (Å²) in [7, 11) is 0. The van der Waals surface area contributed by atoms with Crippen LogP contribution in [0.2, 0.25) is 0 Å². The van der Waals surface area contributed by atoms with Gasteiger partial charge >= 0.3 is 0 Å². The second-order valence-corrected chi connectivity index (χ2v) is 6.56. The first-order valence-corrected chi connectivity index (χ1v) is 8.73. The third-order valence-corrected chi connectivity index (χ3v) is 4.93. The molecule has 26 heavy (non-hydrogen) atoms. The Morgan fingerprint density at radius 2 is 1.81 bits per heavy atom. The Morgan fingerprint density at radius 3 is 2.46 bits per heavy atom. The maximum Gasteiger partial charge on any atom is 0.253 e. The number of aryl methyl sites for hydroxylation is 1. The number of pyridine rings is 1. The van der Waals surface area contributed by atoms with E-state index in [1.807, 2.05) is 49.4 Å². The lowest BCUT2D eigenvalue weighted by Crippen LogP contribution is -2.44. The summed E-state index contributed by atoms with van der Waals surface area (Å²) in [4.78, 5) is 17.3. The Balaban J connectivity index is 0.00000169. The van der Waals surface area contributed by atoms with Crippen LogP contribution >= 0.6 is 24.8 Å². The SMILES string of the molecule is Cc1nc(-c2ccccc2)ccc1C(=O)NC1CCCCC1CN.Cl.Cl. The molecule has 0 radical (unpaired) electrons. The Bertz CT molecular complexity index is 709. The molecule has 2 unspecified atom stereocenters. The number of halogens is 2. The number of nitrogens with one attached hydrogen (secondary N) is 1. The molecule has 1 heterocycles. The van der Waals surface area contributed by atoms with E-state index in [1.54, 1.807) is 0 Å². The molecule has 1 aromatic heterocycles. The van der Waals surface area contributed by atoms with Crippen LogP contribution in [0.25, 0.3) is 11.3 Å². The number of carbonyl (C=O) groups is 1. The molecule has 1 fully saturated rings. The van der Waals surface area contributed by atoms with Gasteiger partial charge in [0.1, 0.15) is 0 Å². The van der Waals surface area contributed by atoms with Crippen LogP contribution in [-0.2, 0) is 0 Å². The van der Waals surface area contributed by atoms with Gasteiger partial charge in [-0.1, -0.05) is 43.2 Å². The maximum atomic E-state index is 12.7. The molecule has 1 aromatic carbocycles. The van der Waals surface area contributed by atoms with E-state index in [2.05, 4.69) is 10.3 Å². The van der Waals surface area contributed by atoms with Crippen molar-refractivity contribution in [3.8, 4) is 11.3 Å². The number of aromatic nitrogens is 1. The Hall–Kier alpha value is -1.62. The molecule has 0 saturated heterocycles. The zero-order valence-corrected chi connectivity index (χ0v) is 16.6. The molecular weight excluding hydrogens is 369 g/mol. The Labute approximate surface area is 167 Å². The highest BCUT2D eigenvalue weighted by molar-refractivity contribution is 5.95. The molecule has 1 aliphatic carbocycles. The van der Waals surface area contributed by atoms with Crippen molar-refractivity contribution in [3.05, 3.63) is 53.7 Å². The summed E-state index contributed by atoms with van der Waals surface area (Å²) in [5, 5.41) is 3.18. The molecule has 0 spiro atoms. The average molecular weight is 396 g/mol. The Morgan fingerprint density at radius 1 is 1.12 bits per heavy atom. The maximum absolute atomic E-state index is 12.7. The van der Waals surface area contributed by atoms with Crippen LogP contribution in [0.4, 0.5) is 0 Å². The van der Waals surface area contributed by atoms with Gasteiger partial charge in [0.15, 0.2) is 0 Å². The highest BCUT2D eigenvalue weighted by Gasteiger charge is 2.26. The largest absolute Gasteiger partial charge is 0.349 e. The van der Waals surface area contributed by atoms with E-state index < -0.39 is 0 Å². The van der Waals surface area contributed by atoms with Crippen molar-refractivity contribution in [1.29, 1.82) is 0 Å². The van der Waals surface area contributed by atoms with Crippen molar-refractivity contribution in [1.82, 2.24) is 10.3 Å². The first-order valence-electron chi connectivity index (χ1n) is 8.73. The van der Waals surface area contributed by atoms with Crippen molar-refractivity contribution >= 4 is 30.7 Å². The minimum Gasteiger partial charge on any atom is -0.349 e. The van der Waals surface area contributed by atoms with Gasteiger partial charge in [0.2, 0.25) is 0 Å². The Kier molecular flexibility index (Phi) is 9.06. The van der Waals surface area contributed by atoms with E-state index in [-0.39, 0.29) is 36.8 Å². The number of hydrogen-bond acceptors (Lipinski definition) is 3. The number of rotatable bonds is 4. The van der Waals surface area contributed by atoms with E-state index in [1.165, 1.54) is 6.42 Å². The first kappa shape index (κ1) is 22.4. The van der Waals surface area contributed by atoms with Gasteiger partial charge < -0.3 is 11.1 Å². The average Bonchev–Trinajstić information content (AvgIpc) is 2.62. The van der Waals surface area contributed by atoms with Crippen molar-refractivity contribution in [3.63, 3.8) is 0 Å². The van der Waals surface area contributed by atoms with Gasteiger partial charge in [-0.3, -0.25) is 9.78 Å². The molecule has 1 saturated carbocycles. The van der Waals surface area contributed by atoms with Crippen LogP contribution in [0.3, 0.4) is 0 Å². The molecule has 142 valence electrons. The molecule has 1 amide bonds. The molecule has 2 aromatic rings. The van der Waals surface area contributed by atoms with Crippen LogP contribution < -0.4 is 11.1 Å². The molecule has 0 bridgehead atoms. The predicted molar refractivity (Wildman–Crippen MR) is 111 cm³/mol. The van der Waals surface area contributed by atoms with Crippen LogP contribution in [0.1, 0.15) is 41.7 Å². The quantitative estimate of drug-likeness (QED) is 0.816. The lowest BCUT2D eigenvalue weighted by Gasteiger charge is -2.31. The number of carbonyl (C=O) groups excluding carboxylic acids is 1. The zero-order valence-electron chi connectivity index (χ0n) is 15.0. The lowest BCUT2D eigenvalue weighted by atomic mass is 9.84. The standard InChI is InChI=1S/C20H25N3O.2ClH/c1-14-17(11-12-19(22-14)15-7-3-2-4-8-15)20(24)23-18-10-6-5-9-16(18)13-21;;/h2-4,7-8,11-12,16,18H,5-6,9-10,13,21H2,1H3,(H,23,24);2*1H. The third kappa shape index (κ3) is 5.19. The van der Waals surface area contributed by atoms with E-state index in [0.29, 0.717) is 18.0 Å². The van der Waals surface area contributed by atoms with E-state index in [4.69, 9.17) is 5.73 Å². The summed E-state index contributed by atoms with van der Waals surface area (Å²) < 4.78 is 0. The lowest BCUT2D eigenvalue weighted by molar-refractivity contribution is 0.0907. The predicted octanol–water partition coefficient (Wildman–Crippen LogP) is 4.15. The normalized spacial score (nSPS) is 19.0. The fraction of sp³-hybridized carbons (Fsp3) is 0.400. The summed E-state index contributed by atoms with van der Waals surface area (Å²) in [6.07, 6.45) is 4.49. The molecule has 0 aliphatic heterocycles. The van der Waals surface area contributed by atoms with Crippen LogP contribution in [0.5, 0.6) is 0 Å². The fourth-order valence-electron chi connectivity index (χ4n) is 3.50. The first-order chi connectivity index (χ1) is 11.7. The van der Waals surface area contributed by atoms with Gasteiger partial charge in [-0.25, -0.2) is 0 Å². The second-order valence-electron chi connectivity index (χ2n) is 6.56. The van der Waals surface area contributed by atoms with Crippen molar-refractivity contribution in [2.24, 2.45) is 11.7 Å². The van der Waals surface area contributed by atoms with Crippen molar-refractivity contribution in [2.75, 3.05) is 6.54 Å². The highest BCUT2D eigenvalue weighted by atomic mass is 35.5. The highest BCUT2D eigenvalue weighted by Crippen LogP contribution is 2.24. The van der Waals surface area contributed by atoms with Gasteiger partial charge in [0.25, 0.3) is 5.91 Å². The minimum absolute atomic E-state index is 0. The molecule has 4 nitrogen and oxygen atoms in total. The summed E-state index contributed by atoms with van der Waals surface area (Å²) >= 11 is 0. The van der Waals surface area contributed by atoms with E-state index in [9.17, 15) is 4.79 Å². The number of nitrogens with zero attached hydrogens (tertiary/aromatic N) is 1. The molecule has 6 heteroatoms. The molecular formula is C20H27Cl2N3O. The van der Waals surface area contributed by atoms with E-state index >= 15 is 0 Å². The monoisotopic (exact) mass is 395 g/mol. The molecule has 2 atom stereocenters. The molecule has 3 N–H and O–H groups in total. The number of amides is 1. The molecule has 1 aliphatic rings. The number of hydrogen-bond donors (Lipinski definition) is 2. The van der Waals surface area contributed by atoms with Gasteiger partial charge in [0, 0.05) is 11.6 Å². The van der Waals surface area contributed by atoms with Crippen molar-refractivity contribution < 1.29 is 4.79 Å². The van der Waals surface area contributed by atoms with Crippen molar-refractivity contribution in [2.45, 2.75) is 38.6 Å². The van der Waals surface area contributed by atoms with Crippen LogP contribution in [0, 0.1) is 12.8 Å². The number of benzene rings is 1. The van der Waals surface area contributed by atoms with Crippen LogP contribution in [0.15, 0.2) is 42.5 Å². The molecule has 3 rings (SSSR count). The zero-order chi connectivity index (χ0) is 16.9. The van der Waals surface area contributed by atoms with Crippen LogP contribution in [-0.4, -0.2) is 23.5 Å². The summed E-state index contributed by atoms with van der Waals surface area (Å²) in [5.74, 6) is 0.351. The topological polar surface area (TPSA) is 68.0 Å². The second kappa shape index (κ2) is 10.5. The summed E-state index contributed by atoms with van der Waals surface area (Å²) in [6, 6.07) is 14.0. The van der Waals surface area contributed by atoms with E-state index in [0.717, 1.165) is 36.2 Å². The summed E-state index contributed by atoms with van der Waals surface area (Å²) in [6.45, 7) is 2.53. The fourth-order valence-corrected chi connectivity index (χ4v) is 3.50. The third-order valence-electron chi connectivity index (χ3n) is 4.93. The van der Waals surface area contributed by atoms with Gasteiger partial charge in [-0.05, 0) is 44.4 Å². The smallest absolute Gasteiger partial charge is 0.253 e. The van der Waals surface area contributed by atoms with Gasteiger partial charge in [-0.15, -0.1) is 24.8 Å².